The van der Waals surface area contributed by atoms with E-state index in [1.54, 1.807) is 6.07 Å². The third kappa shape index (κ3) is 2.72. The van der Waals surface area contributed by atoms with Crippen molar-refractivity contribution in [3.05, 3.63) is 22.9 Å². The molecule has 1 aliphatic rings. The molecule has 0 saturated heterocycles. The van der Waals surface area contributed by atoms with Crippen LogP contribution in [0.15, 0.2) is 17.2 Å². The van der Waals surface area contributed by atoms with E-state index in [2.05, 4.69) is 25.8 Å². The fourth-order valence-electron chi connectivity index (χ4n) is 1.74. The maximum Gasteiger partial charge on any atom is 0.348 e. The molecule has 8 nitrogen and oxygen atoms in total. The molecule has 100 valence electrons. The number of anilines is 1. The van der Waals surface area contributed by atoms with Gasteiger partial charge in [0.2, 0.25) is 5.91 Å². The first kappa shape index (κ1) is 11.7. The Hall–Kier alpha value is -2.38. The van der Waals surface area contributed by atoms with E-state index in [1.807, 2.05) is 0 Å². The highest BCUT2D eigenvalue weighted by Crippen LogP contribution is 2.18. The number of hydrogen-bond acceptors (Lipinski definition) is 5. The molecule has 1 amide bonds. The van der Waals surface area contributed by atoms with Gasteiger partial charge in [-0.2, -0.15) is 5.10 Å². The van der Waals surface area contributed by atoms with Crippen LogP contribution in [0.25, 0.3) is 5.65 Å². The summed E-state index contributed by atoms with van der Waals surface area (Å²) in [5.74, 6) is 0.637. The molecule has 1 fully saturated rings. The molecule has 2 aromatic rings. The maximum absolute atomic E-state index is 11.5. The van der Waals surface area contributed by atoms with Crippen molar-refractivity contribution in [2.75, 3.05) is 11.9 Å². The lowest BCUT2D eigenvalue weighted by Crippen LogP contribution is -2.27. The minimum absolute atomic E-state index is 0.0482. The molecule has 0 aliphatic heterocycles. The summed E-state index contributed by atoms with van der Waals surface area (Å²) in [7, 11) is 0. The van der Waals surface area contributed by atoms with E-state index < -0.39 is 0 Å². The second-order valence-corrected chi connectivity index (χ2v) is 4.55. The summed E-state index contributed by atoms with van der Waals surface area (Å²) in [6.45, 7) is 0.496. The summed E-state index contributed by atoms with van der Waals surface area (Å²) in [4.78, 5) is 26.8. The standard InChI is InChI=1S/C11H14N6O2/c18-10(14-7-1-2-7)3-4-12-8-5-9-15-16-11(19)17(9)6-13-8/h5-7,12H,1-4H2,(H,14,18)(H,16,19). The normalized spacial score (nSPS) is 14.5. The van der Waals surface area contributed by atoms with Gasteiger partial charge in [0, 0.05) is 25.1 Å². The van der Waals surface area contributed by atoms with Crippen molar-refractivity contribution in [3.8, 4) is 0 Å². The molecule has 1 aliphatic carbocycles. The number of aromatic nitrogens is 4. The van der Waals surface area contributed by atoms with E-state index in [0.717, 1.165) is 12.8 Å². The Kier molecular flexibility index (Phi) is 2.90. The van der Waals surface area contributed by atoms with Crippen LogP contribution < -0.4 is 16.3 Å². The third-order valence-corrected chi connectivity index (χ3v) is 2.91. The smallest absolute Gasteiger partial charge is 0.348 e. The molecule has 0 unspecified atom stereocenters. The molecule has 3 N–H and O–H groups in total. The average Bonchev–Trinajstić information content (AvgIpc) is 3.13. The topological polar surface area (TPSA) is 104 Å². The Bertz CT molecular complexity index is 656. The van der Waals surface area contributed by atoms with Crippen LogP contribution in [0.3, 0.4) is 0 Å². The fraction of sp³-hybridized carbons (Fsp3) is 0.455. The molecular formula is C11H14N6O2. The first-order valence-corrected chi connectivity index (χ1v) is 6.18. The van der Waals surface area contributed by atoms with Crippen LogP contribution in [0, 0.1) is 0 Å². The second kappa shape index (κ2) is 4.71. The lowest BCUT2D eigenvalue weighted by molar-refractivity contribution is -0.120. The lowest BCUT2D eigenvalue weighted by atomic mass is 10.4. The maximum atomic E-state index is 11.5. The van der Waals surface area contributed by atoms with Crippen molar-refractivity contribution in [2.24, 2.45) is 0 Å². The Balaban J connectivity index is 1.55. The van der Waals surface area contributed by atoms with Gasteiger partial charge in [0.25, 0.3) is 0 Å². The van der Waals surface area contributed by atoms with E-state index in [0.29, 0.717) is 30.5 Å². The van der Waals surface area contributed by atoms with Crippen molar-refractivity contribution in [1.29, 1.82) is 0 Å². The number of fused-ring (bicyclic) bond motifs is 1. The second-order valence-electron chi connectivity index (χ2n) is 4.55. The SMILES string of the molecule is O=C(CCNc1cc2n[nH]c(=O)n2cn1)NC1CC1. The Labute approximate surface area is 108 Å². The molecule has 0 bridgehead atoms. The first-order chi connectivity index (χ1) is 9.22. The van der Waals surface area contributed by atoms with Crippen molar-refractivity contribution < 1.29 is 4.79 Å². The highest BCUT2D eigenvalue weighted by atomic mass is 16.2. The van der Waals surface area contributed by atoms with Gasteiger partial charge in [0.15, 0.2) is 5.65 Å². The van der Waals surface area contributed by atoms with Gasteiger partial charge >= 0.3 is 5.69 Å². The highest BCUT2D eigenvalue weighted by Gasteiger charge is 2.22. The van der Waals surface area contributed by atoms with E-state index in [1.165, 1.54) is 10.7 Å². The van der Waals surface area contributed by atoms with Gasteiger partial charge < -0.3 is 10.6 Å². The van der Waals surface area contributed by atoms with Gasteiger partial charge in [-0.3, -0.25) is 4.79 Å². The summed E-state index contributed by atoms with van der Waals surface area (Å²) in [5.41, 5.74) is 0.169. The molecule has 0 atom stereocenters. The summed E-state index contributed by atoms with van der Waals surface area (Å²) < 4.78 is 1.31. The minimum atomic E-state index is -0.321. The molecule has 1 saturated carbocycles. The van der Waals surface area contributed by atoms with E-state index >= 15 is 0 Å². The fourth-order valence-corrected chi connectivity index (χ4v) is 1.74. The van der Waals surface area contributed by atoms with Crippen molar-refractivity contribution in [2.45, 2.75) is 25.3 Å². The summed E-state index contributed by atoms with van der Waals surface area (Å²) in [5, 5.41) is 12.1. The number of rotatable bonds is 5. The zero-order chi connectivity index (χ0) is 13.2. The van der Waals surface area contributed by atoms with Crippen molar-refractivity contribution >= 4 is 17.4 Å². The minimum Gasteiger partial charge on any atom is -0.369 e. The molecule has 0 radical (unpaired) electrons. The number of carbonyl (C=O) groups is 1. The monoisotopic (exact) mass is 262 g/mol. The first-order valence-electron chi connectivity index (χ1n) is 6.18. The summed E-state index contributed by atoms with van der Waals surface area (Å²) in [6, 6.07) is 2.04. The van der Waals surface area contributed by atoms with Gasteiger partial charge in [0.1, 0.15) is 12.1 Å². The van der Waals surface area contributed by atoms with Gasteiger partial charge in [-0.15, -0.1) is 0 Å². The molecule has 2 aromatic heterocycles. The molecule has 8 heteroatoms. The largest absolute Gasteiger partial charge is 0.369 e. The predicted octanol–water partition coefficient (Wildman–Crippen LogP) is -0.502. The van der Waals surface area contributed by atoms with Crippen LogP contribution in [0.5, 0.6) is 0 Å². The molecule has 0 spiro atoms. The highest BCUT2D eigenvalue weighted by molar-refractivity contribution is 5.77. The van der Waals surface area contributed by atoms with E-state index in [4.69, 9.17) is 0 Å². The van der Waals surface area contributed by atoms with Crippen LogP contribution in [-0.2, 0) is 4.79 Å². The lowest BCUT2D eigenvalue weighted by Gasteiger charge is -2.05. The van der Waals surface area contributed by atoms with Crippen LogP contribution in [-0.4, -0.2) is 38.1 Å². The summed E-state index contributed by atoms with van der Waals surface area (Å²) >= 11 is 0. The number of aromatic amines is 1. The number of carbonyl (C=O) groups excluding carboxylic acids is 1. The number of hydrogen-bond donors (Lipinski definition) is 3. The zero-order valence-corrected chi connectivity index (χ0v) is 10.2. The van der Waals surface area contributed by atoms with Crippen LogP contribution in [0.4, 0.5) is 5.82 Å². The van der Waals surface area contributed by atoms with Crippen molar-refractivity contribution in [3.63, 3.8) is 0 Å². The third-order valence-electron chi connectivity index (χ3n) is 2.91. The van der Waals surface area contributed by atoms with Gasteiger partial charge in [-0.25, -0.2) is 19.3 Å². The predicted molar refractivity (Wildman–Crippen MR) is 67.9 cm³/mol. The van der Waals surface area contributed by atoms with Crippen LogP contribution >= 0.6 is 0 Å². The molecular weight excluding hydrogens is 248 g/mol. The molecule has 19 heavy (non-hydrogen) atoms. The molecule has 0 aromatic carbocycles. The number of H-pyrrole nitrogens is 1. The quantitative estimate of drug-likeness (QED) is 0.673. The Morgan fingerprint density at radius 3 is 3.16 bits per heavy atom. The van der Waals surface area contributed by atoms with Gasteiger partial charge in [-0.05, 0) is 12.8 Å². The Morgan fingerprint density at radius 2 is 2.37 bits per heavy atom. The molecule has 3 rings (SSSR count). The van der Waals surface area contributed by atoms with Gasteiger partial charge in [-0.1, -0.05) is 0 Å². The van der Waals surface area contributed by atoms with Crippen molar-refractivity contribution in [1.82, 2.24) is 24.9 Å². The van der Waals surface area contributed by atoms with Crippen LogP contribution in [0.1, 0.15) is 19.3 Å². The molecule has 2 heterocycles. The van der Waals surface area contributed by atoms with Gasteiger partial charge in [0.05, 0.1) is 0 Å². The summed E-state index contributed by atoms with van der Waals surface area (Å²) in [6.07, 6.45) is 3.97. The zero-order valence-electron chi connectivity index (χ0n) is 10.2. The number of nitrogens with one attached hydrogen (secondary N) is 3. The Morgan fingerprint density at radius 1 is 1.53 bits per heavy atom. The van der Waals surface area contributed by atoms with E-state index in [-0.39, 0.29) is 11.6 Å². The average molecular weight is 262 g/mol. The number of amides is 1. The number of nitrogens with zero attached hydrogens (tertiary/aromatic N) is 3. The van der Waals surface area contributed by atoms with E-state index in [9.17, 15) is 9.59 Å². The van der Waals surface area contributed by atoms with Crippen LogP contribution in [0.2, 0.25) is 0 Å².